The van der Waals surface area contributed by atoms with E-state index in [1.54, 1.807) is 47.4 Å². The molecule has 0 N–H and O–H groups in total. The van der Waals surface area contributed by atoms with Crippen molar-refractivity contribution in [3.63, 3.8) is 0 Å². The predicted molar refractivity (Wildman–Crippen MR) is 153 cm³/mol. The van der Waals surface area contributed by atoms with Gasteiger partial charge in [0.05, 0.1) is 34.8 Å². The first-order valence-electron chi connectivity index (χ1n) is 12.6. The van der Waals surface area contributed by atoms with Gasteiger partial charge in [0.1, 0.15) is 35.3 Å². The highest BCUT2D eigenvalue weighted by atomic mass is 32.2. The van der Waals surface area contributed by atoms with Crippen molar-refractivity contribution in [2.75, 3.05) is 22.3 Å². The van der Waals surface area contributed by atoms with Crippen molar-refractivity contribution < 1.29 is 26.8 Å². The summed E-state index contributed by atoms with van der Waals surface area (Å²) in [7, 11) is -4.44. The average Bonchev–Trinajstić information content (AvgIpc) is 2.95. The first kappa shape index (κ1) is 29.8. The second-order valence-corrected chi connectivity index (χ2v) is 11.5. The molecule has 0 radical (unpaired) electrons. The number of benzene rings is 4. The lowest BCUT2D eigenvalue weighted by Crippen LogP contribution is -2.35. The molecular formula is C31H24F2N4O4S. The van der Waals surface area contributed by atoms with Crippen molar-refractivity contribution in [3.05, 3.63) is 101 Å². The van der Waals surface area contributed by atoms with Crippen LogP contribution in [0.25, 0.3) is 10.8 Å². The summed E-state index contributed by atoms with van der Waals surface area (Å²) in [5.74, 6) is -2.17. The Bertz CT molecular complexity index is 1910. The van der Waals surface area contributed by atoms with Crippen LogP contribution in [0, 0.1) is 34.3 Å². The van der Waals surface area contributed by atoms with Gasteiger partial charge in [0.2, 0.25) is 0 Å². The van der Waals surface area contributed by atoms with Crippen LogP contribution in [0.3, 0.4) is 0 Å². The van der Waals surface area contributed by atoms with Gasteiger partial charge < -0.3 is 4.90 Å². The van der Waals surface area contributed by atoms with E-state index in [2.05, 4.69) is 0 Å². The zero-order valence-corrected chi connectivity index (χ0v) is 23.5. The fourth-order valence-electron chi connectivity index (χ4n) is 4.61. The van der Waals surface area contributed by atoms with E-state index >= 15 is 0 Å². The zero-order valence-electron chi connectivity index (χ0n) is 22.6. The Morgan fingerprint density at radius 1 is 0.762 bits per heavy atom. The quantitative estimate of drug-likeness (QED) is 0.249. The third-order valence-corrected chi connectivity index (χ3v) is 8.19. The van der Waals surface area contributed by atoms with Crippen LogP contribution < -0.4 is 9.21 Å². The maximum absolute atomic E-state index is 14.0. The van der Waals surface area contributed by atoms with Gasteiger partial charge in [0, 0.05) is 23.0 Å². The number of rotatable bonds is 10. The highest BCUT2D eigenvalue weighted by Crippen LogP contribution is 2.37. The number of carbonyl (C=O) groups excluding carboxylic acids is 2. The van der Waals surface area contributed by atoms with E-state index in [9.17, 15) is 37.3 Å². The number of nitriles is 2. The molecule has 0 saturated heterocycles. The molecule has 0 atom stereocenters. The normalized spacial score (nSPS) is 11.0. The molecule has 0 amide bonds. The summed E-state index contributed by atoms with van der Waals surface area (Å²) < 4.78 is 56.5. The van der Waals surface area contributed by atoms with E-state index in [0.717, 1.165) is 22.5 Å². The van der Waals surface area contributed by atoms with E-state index in [0.29, 0.717) is 22.0 Å². The number of hydrogen-bond acceptors (Lipinski definition) is 7. The van der Waals surface area contributed by atoms with Crippen LogP contribution in [0.4, 0.5) is 20.2 Å². The van der Waals surface area contributed by atoms with Crippen LogP contribution in [0.15, 0.2) is 77.7 Å². The van der Waals surface area contributed by atoms with E-state index in [1.165, 1.54) is 38.1 Å². The molecule has 4 rings (SSSR count). The molecule has 0 spiro atoms. The van der Waals surface area contributed by atoms with Gasteiger partial charge in [-0.05, 0) is 61.9 Å². The number of fused-ring (bicyclic) bond motifs is 1. The topological polar surface area (TPSA) is 122 Å². The molecule has 0 aliphatic rings. The number of carbonyl (C=O) groups is 2. The molecule has 0 bridgehead atoms. The molecule has 0 saturated carbocycles. The van der Waals surface area contributed by atoms with Crippen LogP contribution in [0.1, 0.15) is 30.5 Å². The summed E-state index contributed by atoms with van der Waals surface area (Å²) in [6, 6.07) is 20.3. The largest absolute Gasteiger partial charge is 0.359 e. The lowest BCUT2D eigenvalue weighted by atomic mass is 10.0. The molecule has 0 aromatic heterocycles. The van der Waals surface area contributed by atoms with Gasteiger partial charge >= 0.3 is 0 Å². The Balaban J connectivity index is 1.89. The summed E-state index contributed by atoms with van der Waals surface area (Å²) in [4.78, 5) is 25.9. The minimum absolute atomic E-state index is 0.0371. The highest BCUT2D eigenvalue weighted by Gasteiger charge is 2.29. The monoisotopic (exact) mass is 586 g/mol. The minimum atomic E-state index is -4.44. The van der Waals surface area contributed by atoms with Crippen LogP contribution in [0.5, 0.6) is 0 Å². The number of ketones is 2. The third-order valence-electron chi connectivity index (χ3n) is 6.44. The maximum Gasteiger partial charge on any atom is 0.264 e. The van der Waals surface area contributed by atoms with Gasteiger partial charge in [-0.15, -0.1) is 0 Å². The highest BCUT2D eigenvalue weighted by molar-refractivity contribution is 7.92. The summed E-state index contributed by atoms with van der Waals surface area (Å²) >= 11 is 0. The van der Waals surface area contributed by atoms with E-state index in [-0.39, 0.29) is 35.0 Å². The Labute approximate surface area is 241 Å². The zero-order chi connectivity index (χ0) is 30.6. The summed E-state index contributed by atoms with van der Waals surface area (Å²) in [6.07, 6.45) is 0. The molecule has 42 heavy (non-hydrogen) atoms. The molecule has 0 aliphatic heterocycles. The number of anilines is 2. The van der Waals surface area contributed by atoms with Gasteiger partial charge in [0.25, 0.3) is 10.0 Å². The molecule has 11 heteroatoms. The molecule has 0 fully saturated rings. The molecule has 0 aliphatic carbocycles. The third kappa shape index (κ3) is 6.12. The molecule has 0 heterocycles. The number of hydrogen-bond donors (Lipinski definition) is 0. The van der Waals surface area contributed by atoms with Crippen LogP contribution in [-0.2, 0) is 26.2 Å². The van der Waals surface area contributed by atoms with E-state index in [4.69, 9.17) is 0 Å². The van der Waals surface area contributed by atoms with Gasteiger partial charge in [-0.2, -0.15) is 10.5 Å². The first-order valence-corrected chi connectivity index (χ1v) is 14.1. The Kier molecular flexibility index (Phi) is 8.65. The van der Waals surface area contributed by atoms with E-state index < -0.39 is 39.5 Å². The van der Waals surface area contributed by atoms with Gasteiger partial charge in [-0.3, -0.25) is 13.9 Å². The fraction of sp³-hybridized carbons (Fsp3) is 0.161. The summed E-state index contributed by atoms with van der Waals surface area (Å²) in [6.45, 7) is 2.21. The summed E-state index contributed by atoms with van der Waals surface area (Å²) in [5.41, 5.74) is 0.692. The second kappa shape index (κ2) is 12.2. The van der Waals surface area contributed by atoms with Crippen molar-refractivity contribution in [3.8, 4) is 12.1 Å². The standard InChI is InChI=1S/C31H24F2N4O4S/c1-20(38)17-36(19-22-7-9-28(32)23(13-22)15-34)30-11-12-31(27-6-4-3-5-26(27)30)37(18-21(2)39)42(40,41)25-8-10-29(33)24(14-25)16-35/h3-14H,17-19H2,1-2H3. The smallest absolute Gasteiger partial charge is 0.264 e. The average molecular weight is 587 g/mol. The van der Waals surface area contributed by atoms with Gasteiger partial charge in [-0.1, -0.05) is 30.3 Å². The number of halogens is 2. The maximum atomic E-state index is 14.0. The van der Waals surface area contributed by atoms with Crippen LogP contribution in [-0.4, -0.2) is 33.1 Å². The Morgan fingerprint density at radius 2 is 1.31 bits per heavy atom. The van der Waals surface area contributed by atoms with Crippen molar-refractivity contribution in [2.24, 2.45) is 0 Å². The number of sulfonamides is 1. The molecule has 8 nitrogen and oxygen atoms in total. The van der Waals surface area contributed by atoms with Gasteiger partial charge in [0.15, 0.2) is 0 Å². The predicted octanol–water partition coefficient (Wildman–Crippen LogP) is 5.24. The van der Waals surface area contributed by atoms with Crippen molar-refractivity contribution in [1.82, 2.24) is 0 Å². The molecule has 212 valence electrons. The number of Topliss-reactive ketones (excluding diaryl/α,β-unsaturated/α-hetero) is 2. The SMILES string of the molecule is CC(=O)CN(Cc1ccc(F)c(C#N)c1)c1ccc(N(CC(C)=O)S(=O)(=O)c2ccc(F)c(C#N)c2)c2ccccc12. The molecule has 4 aromatic rings. The van der Waals surface area contributed by atoms with Crippen LogP contribution in [0.2, 0.25) is 0 Å². The second-order valence-electron chi connectivity index (χ2n) is 9.60. The minimum Gasteiger partial charge on any atom is -0.359 e. The first-order chi connectivity index (χ1) is 20.0. The van der Waals surface area contributed by atoms with E-state index in [1.807, 2.05) is 0 Å². The van der Waals surface area contributed by atoms with Crippen molar-refractivity contribution in [2.45, 2.75) is 25.3 Å². The van der Waals surface area contributed by atoms with Crippen molar-refractivity contribution >= 4 is 43.7 Å². The lowest BCUT2D eigenvalue weighted by Gasteiger charge is -2.29. The van der Waals surface area contributed by atoms with Gasteiger partial charge in [-0.25, -0.2) is 17.2 Å². The molecule has 4 aromatic carbocycles. The van der Waals surface area contributed by atoms with Crippen molar-refractivity contribution in [1.29, 1.82) is 10.5 Å². The fourth-order valence-corrected chi connectivity index (χ4v) is 6.14. The Morgan fingerprint density at radius 3 is 1.90 bits per heavy atom. The molecular weight excluding hydrogens is 562 g/mol. The summed E-state index contributed by atoms with van der Waals surface area (Å²) in [5, 5.41) is 19.5. The molecule has 0 unspecified atom stereocenters. The number of nitrogens with zero attached hydrogens (tertiary/aromatic N) is 4. The lowest BCUT2D eigenvalue weighted by molar-refractivity contribution is -0.116. The Hall–Kier alpha value is -5.13. The van der Waals surface area contributed by atoms with Crippen LogP contribution >= 0.6 is 0 Å².